The molecule has 0 aromatic rings. The molecule has 0 fully saturated rings. The van der Waals surface area contributed by atoms with E-state index in [2.05, 4.69) is 0 Å². The number of rotatable bonds is 3. The summed E-state index contributed by atoms with van der Waals surface area (Å²) in [5.41, 5.74) is 2.05. The second kappa shape index (κ2) is 6.85. The van der Waals surface area contributed by atoms with Gasteiger partial charge in [0.25, 0.3) is 0 Å². The molecule has 0 atom stereocenters. The maximum absolute atomic E-state index is 11.7. The van der Waals surface area contributed by atoms with Gasteiger partial charge in [-0.05, 0) is 0 Å². The summed E-state index contributed by atoms with van der Waals surface area (Å²) in [5, 5.41) is 0. The molecule has 62 valence electrons. The largest absolute Gasteiger partial charge is 0.301 e. The third kappa shape index (κ3) is 5.87. The van der Waals surface area contributed by atoms with Crippen molar-refractivity contribution in [3.8, 4) is 0 Å². The Labute approximate surface area is 62.7 Å². The molecule has 0 amide bonds. The van der Waals surface area contributed by atoms with Gasteiger partial charge in [-0.25, -0.2) is 4.39 Å². The van der Waals surface area contributed by atoms with E-state index in [1.165, 1.54) is 0 Å². The van der Waals surface area contributed by atoms with Gasteiger partial charge in [0.15, 0.2) is 5.83 Å². The topological polar surface area (TPSA) is 38.0 Å². The smallest absolute Gasteiger partial charge is 0.271 e. The second-order valence-electron chi connectivity index (χ2n) is 1.37. The van der Waals surface area contributed by atoms with Crippen LogP contribution in [0.4, 0.5) is 13.2 Å². The summed E-state index contributed by atoms with van der Waals surface area (Å²) in [4.78, 5) is 0. The van der Waals surface area contributed by atoms with Crippen molar-refractivity contribution in [1.29, 1.82) is 0 Å². The quantitative estimate of drug-likeness (QED) is 0.503. The molecule has 0 saturated carbocycles. The van der Waals surface area contributed by atoms with Gasteiger partial charge in [0, 0.05) is 13.0 Å². The van der Waals surface area contributed by atoms with Gasteiger partial charge < -0.3 is 0 Å². The van der Waals surface area contributed by atoms with E-state index in [-0.39, 0.29) is 25.4 Å². The highest BCUT2D eigenvalue weighted by Gasteiger charge is 2.02. The van der Waals surface area contributed by atoms with Crippen molar-refractivity contribution in [3.05, 3.63) is 11.9 Å². The third-order valence-corrected chi connectivity index (χ3v) is 0.694. The number of hydrogen-bond acceptors (Lipinski definition) is 2. The first-order valence-corrected chi connectivity index (χ1v) is 2.31. The van der Waals surface area contributed by atoms with Crippen LogP contribution < -0.4 is 11.3 Å². The van der Waals surface area contributed by atoms with E-state index >= 15 is 0 Å². The minimum atomic E-state index is -2.27. The van der Waals surface area contributed by atoms with Crippen LogP contribution in [0.25, 0.3) is 0 Å². The molecular formula is C4H8ClF3N2. The van der Waals surface area contributed by atoms with Gasteiger partial charge in [-0.1, -0.05) is 0 Å². The number of hydrogen-bond donors (Lipinski definition) is 2. The van der Waals surface area contributed by atoms with Gasteiger partial charge in [0.05, 0.1) is 0 Å². The van der Waals surface area contributed by atoms with E-state index in [0.29, 0.717) is 0 Å². The third-order valence-electron chi connectivity index (χ3n) is 0.694. The highest BCUT2D eigenvalue weighted by atomic mass is 35.5. The molecule has 0 bridgehead atoms. The van der Waals surface area contributed by atoms with Crippen LogP contribution in [0.3, 0.4) is 0 Å². The van der Waals surface area contributed by atoms with Crippen LogP contribution in [0.15, 0.2) is 11.9 Å². The van der Waals surface area contributed by atoms with E-state index in [1.54, 1.807) is 0 Å². The van der Waals surface area contributed by atoms with E-state index in [9.17, 15) is 13.2 Å². The van der Waals surface area contributed by atoms with Crippen LogP contribution in [0.5, 0.6) is 0 Å². The standard InChI is InChI=1S/C4H7F3N2.ClH/c5-3(4(6)7)1-2-9-8;/h9H,1-2,8H2;1H. The van der Waals surface area contributed by atoms with Crippen molar-refractivity contribution < 1.29 is 13.2 Å². The van der Waals surface area contributed by atoms with Gasteiger partial charge in [0.2, 0.25) is 0 Å². The van der Waals surface area contributed by atoms with Crippen LogP contribution >= 0.6 is 12.4 Å². The Kier molecular flexibility index (Phi) is 8.51. The van der Waals surface area contributed by atoms with Crippen LogP contribution in [-0.4, -0.2) is 6.54 Å². The van der Waals surface area contributed by atoms with Crippen LogP contribution in [0, 0.1) is 0 Å². The minimum Gasteiger partial charge on any atom is -0.271 e. The predicted molar refractivity (Wildman–Crippen MR) is 34.4 cm³/mol. The monoisotopic (exact) mass is 176 g/mol. The Morgan fingerprint density at radius 3 is 2.10 bits per heavy atom. The molecule has 0 rings (SSSR count). The Balaban J connectivity index is 0. The van der Waals surface area contributed by atoms with Crippen molar-refractivity contribution in [2.45, 2.75) is 6.42 Å². The summed E-state index contributed by atoms with van der Waals surface area (Å²) in [6.07, 6.45) is -2.64. The highest BCUT2D eigenvalue weighted by molar-refractivity contribution is 5.85. The summed E-state index contributed by atoms with van der Waals surface area (Å²) < 4.78 is 34.1. The zero-order chi connectivity index (χ0) is 7.28. The van der Waals surface area contributed by atoms with Crippen LogP contribution in [-0.2, 0) is 0 Å². The highest BCUT2D eigenvalue weighted by Crippen LogP contribution is 2.11. The fourth-order valence-electron chi connectivity index (χ4n) is 0.276. The van der Waals surface area contributed by atoms with Crippen molar-refractivity contribution in [2.24, 2.45) is 5.84 Å². The summed E-state index contributed by atoms with van der Waals surface area (Å²) in [5.74, 6) is 3.28. The Bertz CT molecular complexity index is 113. The van der Waals surface area contributed by atoms with Crippen molar-refractivity contribution in [3.63, 3.8) is 0 Å². The average Bonchev–Trinajstić information content (AvgIpc) is 1.82. The second-order valence-corrected chi connectivity index (χ2v) is 1.37. The van der Waals surface area contributed by atoms with Crippen LogP contribution in [0.2, 0.25) is 0 Å². The zero-order valence-electron chi connectivity index (χ0n) is 5.03. The van der Waals surface area contributed by atoms with E-state index in [1.807, 2.05) is 5.43 Å². The molecule has 3 N–H and O–H groups in total. The van der Waals surface area contributed by atoms with E-state index in [0.717, 1.165) is 0 Å². The lowest BCUT2D eigenvalue weighted by Crippen LogP contribution is -2.22. The maximum Gasteiger partial charge on any atom is 0.301 e. The first-order chi connectivity index (χ1) is 4.18. The first-order valence-electron chi connectivity index (χ1n) is 2.31. The molecule has 0 aromatic heterocycles. The number of nitrogens with two attached hydrogens (primary N) is 1. The number of hydrazine groups is 1. The zero-order valence-corrected chi connectivity index (χ0v) is 5.85. The minimum absolute atomic E-state index is 0. The molecule has 6 heteroatoms. The molecule has 10 heavy (non-hydrogen) atoms. The van der Waals surface area contributed by atoms with Gasteiger partial charge in [-0.2, -0.15) is 8.78 Å². The number of nitrogens with one attached hydrogen (secondary N) is 1. The fourth-order valence-corrected chi connectivity index (χ4v) is 0.276. The lowest BCUT2D eigenvalue weighted by Gasteiger charge is -1.93. The molecule has 0 aliphatic rings. The summed E-state index contributed by atoms with van der Waals surface area (Å²) in [6, 6.07) is 0. The summed E-state index contributed by atoms with van der Waals surface area (Å²) in [6.45, 7) is 0.0170. The molecule has 0 saturated heterocycles. The molecule has 2 nitrogen and oxygen atoms in total. The molecule has 0 spiro atoms. The maximum atomic E-state index is 11.7. The first kappa shape index (κ1) is 12.4. The molecule has 0 aromatic carbocycles. The van der Waals surface area contributed by atoms with E-state index < -0.39 is 11.9 Å². The van der Waals surface area contributed by atoms with Crippen molar-refractivity contribution in [1.82, 2.24) is 5.43 Å². The lowest BCUT2D eigenvalue weighted by atomic mass is 10.4. The van der Waals surface area contributed by atoms with Crippen molar-refractivity contribution in [2.75, 3.05) is 6.54 Å². The lowest BCUT2D eigenvalue weighted by molar-refractivity contribution is 0.369. The fraction of sp³-hybridized carbons (Fsp3) is 0.500. The Morgan fingerprint density at radius 2 is 1.80 bits per heavy atom. The number of halogens is 4. The molecular weight excluding hydrogens is 169 g/mol. The normalized spacial score (nSPS) is 8.40. The van der Waals surface area contributed by atoms with Gasteiger partial charge in [0.1, 0.15) is 0 Å². The molecule has 0 aliphatic heterocycles. The predicted octanol–water partition coefficient (Wildman–Crippen LogP) is 1.34. The summed E-state index contributed by atoms with van der Waals surface area (Å²) in [7, 11) is 0. The average molecular weight is 177 g/mol. The molecule has 0 radical (unpaired) electrons. The SMILES string of the molecule is Cl.NNCCC(F)=C(F)F. The Morgan fingerprint density at radius 1 is 1.30 bits per heavy atom. The van der Waals surface area contributed by atoms with Crippen molar-refractivity contribution >= 4 is 12.4 Å². The van der Waals surface area contributed by atoms with Gasteiger partial charge >= 0.3 is 6.08 Å². The molecule has 0 unspecified atom stereocenters. The van der Waals surface area contributed by atoms with Gasteiger partial charge in [-0.3, -0.25) is 11.3 Å². The molecule has 0 heterocycles. The van der Waals surface area contributed by atoms with Crippen LogP contribution in [0.1, 0.15) is 6.42 Å². The Hall–Kier alpha value is -0.260. The summed E-state index contributed by atoms with van der Waals surface area (Å²) >= 11 is 0. The van der Waals surface area contributed by atoms with Gasteiger partial charge in [-0.15, -0.1) is 12.4 Å². The van der Waals surface area contributed by atoms with E-state index in [4.69, 9.17) is 5.84 Å². The molecule has 0 aliphatic carbocycles.